The van der Waals surface area contributed by atoms with Gasteiger partial charge in [0, 0.05) is 31.8 Å². The molecule has 0 radical (unpaired) electrons. The minimum atomic E-state index is -0.257. The predicted octanol–water partition coefficient (Wildman–Crippen LogP) is 3.76. The van der Waals surface area contributed by atoms with Gasteiger partial charge < -0.3 is 16.8 Å². The Morgan fingerprint density at radius 3 is 2.33 bits per heavy atom. The van der Waals surface area contributed by atoms with Gasteiger partial charge in [-0.25, -0.2) is 9.37 Å². The van der Waals surface area contributed by atoms with E-state index in [0.717, 1.165) is 26.7 Å². The van der Waals surface area contributed by atoms with Gasteiger partial charge in [-0.1, -0.05) is 49.4 Å². The van der Waals surface area contributed by atoms with Gasteiger partial charge >= 0.3 is 0 Å². The van der Waals surface area contributed by atoms with E-state index < -0.39 is 0 Å². The molecule has 2 amide bonds. The van der Waals surface area contributed by atoms with Crippen molar-refractivity contribution in [2.24, 2.45) is 11.5 Å². The number of primary amides is 1. The molecule has 1 heterocycles. The van der Waals surface area contributed by atoms with Crippen molar-refractivity contribution in [3.63, 3.8) is 0 Å². The molecule has 3 rings (SSSR count). The number of nitrogens with one attached hydrogen (secondary N) is 1. The van der Waals surface area contributed by atoms with Crippen LogP contribution in [0, 0.1) is 12.7 Å². The van der Waals surface area contributed by atoms with Crippen LogP contribution in [0.3, 0.4) is 0 Å². The highest BCUT2D eigenvalue weighted by Gasteiger charge is 2.14. The molecule has 1 unspecified atom stereocenters. The Bertz CT molecular complexity index is 1020. The summed E-state index contributed by atoms with van der Waals surface area (Å²) in [7, 11) is 0. The van der Waals surface area contributed by atoms with Crippen LogP contribution in [0.2, 0.25) is 0 Å². The highest BCUT2D eigenvalue weighted by molar-refractivity contribution is 7.15. The van der Waals surface area contributed by atoms with Crippen LogP contribution in [0.15, 0.2) is 54.6 Å². The van der Waals surface area contributed by atoms with Crippen LogP contribution >= 0.6 is 11.3 Å². The molecule has 0 saturated carbocycles. The van der Waals surface area contributed by atoms with Gasteiger partial charge in [0.1, 0.15) is 5.82 Å². The molecule has 0 aliphatic heterocycles. The van der Waals surface area contributed by atoms with Gasteiger partial charge in [0.2, 0.25) is 11.8 Å². The van der Waals surface area contributed by atoms with Crippen molar-refractivity contribution >= 4 is 23.2 Å². The normalized spacial score (nSPS) is 11.3. The lowest BCUT2D eigenvalue weighted by molar-refractivity contribution is -0.121. The van der Waals surface area contributed by atoms with Crippen molar-refractivity contribution in [2.75, 3.05) is 6.54 Å². The van der Waals surface area contributed by atoms with Crippen LogP contribution in [0.1, 0.15) is 36.0 Å². The predicted molar refractivity (Wildman–Crippen MR) is 131 cm³/mol. The largest absolute Gasteiger partial charge is 0.370 e. The number of carbonyl (C=O) groups excluding carboxylic acids is 2. The molecule has 5 N–H and O–H groups in total. The van der Waals surface area contributed by atoms with Crippen LogP contribution in [-0.4, -0.2) is 29.4 Å². The molecule has 1 aromatic heterocycles. The summed E-state index contributed by atoms with van der Waals surface area (Å²) in [5, 5.41) is 3.92. The Kier molecular flexibility index (Phi) is 10.7. The van der Waals surface area contributed by atoms with Gasteiger partial charge in [0.05, 0.1) is 15.6 Å². The quantitative estimate of drug-likeness (QED) is 0.442. The van der Waals surface area contributed by atoms with Gasteiger partial charge in [-0.2, -0.15) is 0 Å². The zero-order valence-corrected chi connectivity index (χ0v) is 19.8. The average Bonchev–Trinajstić information content (AvgIpc) is 3.19. The fourth-order valence-electron chi connectivity index (χ4n) is 3.04. The number of benzene rings is 2. The second kappa shape index (κ2) is 13.4. The Balaban J connectivity index is 0.000000696. The number of thiazole rings is 1. The van der Waals surface area contributed by atoms with Crippen molar-refractivity contribution < 1.29 is 14.0 Å². The lowest BCUT2D eigenvalue weighted by Gasteiger charge is -2.16. The van der Waals surface area contributed by atoms with Gasteiger partial charge in [0.15, 0.2) is 0 Å². The Morgan fingerprint density at radius 2 is 1.76 bits per heavy atom. The monoisotopic (exact) mass is 470 g/mol. The van der Waals surface area contributed by atoms with Gasteiger partial charge in [-0.3, -0.25) is 9.59 Å². The van der Waals surface area contributed by atoms with Gasteiger partial charge in [-0.05, 0) is 36.6 Å². The molecular formula is C25H31FN4O2S. The number of rotatable bonds is 9. The average molecular weight is 471 g/mol. The van der Waals surface area contributed by atoms with Crippen LogP contribution in [-0.2, 0) is 22.4 Å². The summed E-state index contributed by atoms with van der Waals surface area (Å²) in [6, 6.07) is 16.3. The fourth-order valence-corrected chi connectivity index (χ4v) is 4.11. The third-order valence-corrected chi connectivity index (χ3v) is 6.10. The van der Waals surface area contributed by atoms with E-state index in [1.807, 2.05) is 37.3 Å². The first-order chi connectivity index (χ1) is 15.8. The number of hydrogen-bond acceptors (Lipinski definition) is 5. The molecule has 33 heavy (non-hydrogen) atoms. The molecule has 0 aliphatic carbocycles. The summed E-state index contributed by atoms with van der Waals surface area (Å²) in [6.45, 7) is 4.05. The summed E-state index contributed by atoms with van der Waals surface area (Å²) in [5.41, 5.74) is 13.5. The van der Waals surface area contributed by atoms with E-state index in [0.29, 0.717) is 32.2 Å². The maximum Gasteiger partial charge on any atom is 0.220 e. The SMILES string of the molecule is CCC(N)=O.Cc1nc(CCC(=O)NC(CN)Cc2ccccc2)sc1-c1ccc(F)cc1. The van der Waals surface area contributed by atoms with Gasteiger partial charge in [0.25, 0.3) is 0 Å². The number of halogens is 1. The van der Waals surface area contributed by atoms with Crippen LogP contribution < -0.4 is 16.8 Å². The first-order valence-corrected chi connectivity index (χ1v) is 11.7. The summed E-state index contributed by atoms with van der Waals surface area (Å²) in [4.78, 5) is 27.5. The molecule has 2 aromatic carbocycles. The Morgan fingerprint density at radius 1 is 1.12 bits per heavy atom. The second-order valence-electron chi connectivity index (χ2n) is 7.54. The maximum absolute atomic E-state index is 13.1. The Hall–Kier alpha value is -3.10. The lowest BCUT2D eigenvalue weighted by atomic mass is 10.1. The van der Waals surface area contributed by atoms with Gasteiger partial charge in [-0.15, -0.1) is 11.3 Å². The molecule has 0 saturated heterocycles. The molecule has 0 fully saturated rings. The number of hydrogen-bond donors (Lipinski definition) is 3. The smallest absolute Gasteiger partial charge is 0.220 e. The van der Waals surface area contributed by atoms with Crippen molar-refractivity contribution in [3.05, 3.63) is 76.7 Å². The topological polar surface area (TPSA) is 111 Å². The number of carbonyl (C=O) groups is 2. The molecule has 8 heteroatoms. The Labute approximate surface area is 198 Å². The van der Waals surface area contributed by atoms with Crippen molar-refractivity contribution in [1.82, 2.24) is 10.3 Å². The molecule has 0 spiro atoms. The van der Waals surface area contributed by atoms with E-state index in [9.17, 15) is 14.0 Å². The minimum Gasteiger partial charge on any atom is -0.370 e. The number of amides is 2. The first-order valence-electron chi connectivity index (χ1n) is 10.9. The van der Waals surface area contributed by atoms with E-state index in [4.69, 9.17) is 5.73 Å². The first kappa shape index (κ1) is 26.2. The zero-order valence-electron chi connectivity index (χ0n) is 19.0. The number of nitrogens with zero attached hydrogens (tertiary/aromatic N) is 1. The van der Waals surface area contributed by atoms with E-state index in [-0.39, 0.29) is 23.7 Å². The molecule has 176 valence electrons. The van der Waals surface area contributed by atoms with Crippen molar-refractivity contribution in [1.29, 1.82) is 0 Å². The van der Waals surface area contributed by atoms with Crippen molar-refractivity contribution in [2.45, 2.75) is 45.6 Å². The standard InChI is InChI=1S/C22H24FN3OS.C3H7NO/c1-15-22(17-7-9-18(23)10-8-17)28-21(25-15)12-11-20(27)26-19(14-24)13-16-5-3-2-4-6-16;1-2-3(4)5/h2-10,19H,11-14,24H2,1H3,(H,26,27);2H2,1H3,(H2,4,5). The summed E-state index contributed by atoms with van der Waals surface area (Å²) < 4.78 is 13.1. The van der Waals surface area contributed by atoms with Crippen LogP contribution in [0.4, 0.5) is 4.39 Å². The maximum atomic E-state index is 13.1. The third-order valence-electron chi connectivity index (χ3n) is 4.84. The highest BCUT2D eigenvalue weighted by atomic mass is 32.1. The minimum absolute atomic E-state index is 0.0254. The summed E-state index contributed by atoms with van der Waals surface area (Å²) in [5.74, 6) is -0.527. The number of aryl methyl sites for hydroxylation is 2. The molecule has 0 aliphatic rings. The highest BCUT2D eigenvalue weighted by Crippen LogP contribution is 2.30. The number of aromatic nitrogens is 1. The fraction of sp³-hybridized carbons (Fsp3) is 0.320. The lowest BCUT2D eigenvalue weighted by Crippen LogP contribution is -2.41. The van der Waals surface area contributed by atoms with E-state index in [2.05, 4.69) is 16.0 Å². The van der Waals surface area contributed by atoms with E-state index in [1.165, 1.54) is 12.1 Å². The van der Waals surface area contributed by atoms with E-state index in [1.54, 1.807) is 30.4 Å². The molecular weight excluding hydrogens is 439 g/mol. The van der Waals surface area contributed by atoms with Crippen LogP contribution in [0.5, 0.6) is 0 Å². The third kappa shape index (κ3) is 9.11. The molecule has 1 atom stereocenters. The molecule has 6 nitrogen and oxygen atoms in total. The second-order valence-corrected chi connectivity index (χ2v) is 8.62. The summed E-state index contributed by atoms with van der Waals surface area (Å²) >= 11 is 1.55. The molecule has 3 aromatic rings. The summed E-state index contributed by atoms with van der Waals surface area (Å²) in [6.07, 6.45) is 2.09. The number of nitrogens with two attached hydrogens (primary N) is 2. The van der Waals surface area contributed by atoms with Crippen LogP contribution in [0.25, 0.3) is 10.4 Å². The van der Waals surface area contributed by atoms with E-state index >= 15 is 0 Å². The molecule has 0 bridgehead atoms. The zero-order chi connectivity index (χ0) is 24.2. The van der Waals surface area contributed by atoms with Crippen molar-refractivity contribution in [3.8, 4) is 10.4 Å².